The van der Waals surface area contributed by atoms with Crippen molar-refractivity contribution < 1.29 is 14.7 Å². The Balaban J connectivity index is 1.66. The highest BCUT2D eigenvalue weighted by Gasteiger charge is 2.23. The first-order valence-corrected chi connectivity index (χ1v) is 8.34. The van der Waals surface area contributed by atoms with Gasteiger partial charge >= 0.3 is 0 Å². The maximum atomic E-state index is 12.1. The van der Waals surface area contributed by atoms with E-state index in [1.165, 1.54) is 19.3 Å². The summed E-state index contributed by atoms with van der Waals surface area (Å²) in [5.74, 6) is 0.680. The summed E-state index contributed by atoms with van der Waals surface area (Å²) < 4.78 is 0. The van der Waals surface area contributed by atoms with Crippen LogP contribution in [0.4, 0.5) is 0 Å². The second-order valence-corrected chi connectivity index (χ2v) is 6.52. The molecular weight excluding hydrogens is 268 g/mol. The molecule has 2 amide bonds. The van der Waals surface area contributed by atoms with Crippen LogP contribution in [0, 0.1) is 11.8 Å². The molecule has 1 saturated carbocycles. The Morgan fingerprint density at radius 1 is 1.05 bits per heavy atom. The van der Waals surface area contributed by atoms with Gasteiger partial charge in [-0.25, -0.2) is 0 Å². The van der Waals surface area contributed by atoms with E-state index >= 15 is 0 Å². The van der Waals surface area contributed by atoms with Crippen molar-refractivity contribution in [2.75, 3.05) is 26.2 Å². The Labute approximate surface area is 127 Å². The molecule has 21 heavy (non-hydrogen) atoms. The maximum absolute atomic E-state index is 12.1. The number of aliphatic hydroxyl groups excluding tert-OH is 1. The lowest BCUT2D eigenvalue weighted by molar-refractivity contribution is -0.134. The first-order valence-electron chi connectivity index (χ1n) is 8.34. The topological polar surface area (TPSA) is 69.6 Å². The van der Waals surface area contributed by atoms with E-state index in [1.807, 2.05) is 0 Å². The Hall–Kier alpha value is -1.10. The molecule has 1 heterocycles. The number of carbonyl (C=O) groups excluding carboxylic acids is 2. The van der Waals surface area contributed by atoms with Crippen molar-refractivity contribution in [3.05, 3.63) is 0 Å². The Morgan fingerprint density at radius 3 is 2.48 bits per heavy atom. The molecule has 0 aromatic heterocycles. The van der Waals surface area contributed by atoms with Crippen LogP contribution in [0.15, 0.2) is 0 Å². The quantitative estimate of drug-likeness (QED) is 0.803. The minimum Gasteiger partial charge on any atom is -0.396 e. The predicted molar refractivity (Wildman–Crippen MR) is 80.6 cm³/mol. The average Bonchev–Trinajstić information content (AvgIpc) is 2.53. The SMILES string of the molecule is O=C(CC1CCCCC1)NCC(=O)N1CCCC(CO)C1. The van der Waals surface area contributed by atoms with Crippen LogP contribution in [-0.4, -0.2) is 48.1 Å². The summed E-state index contributed by atoms with van der Waals surface area (Å²) in [6.45, 7) is 1.60. The van der Waals surface area contributed by atoms with Crippen LogP contribution in [0.25, 0.3) is 0 Å². The van der Waals surface area contributed by atoms with Gasteiger partial charge in [0.2, 0.25) is 11.8 Å². The van der Waals surface area contributed by atoms with Gasteiger partial charge in [0.15, 0.2) is 0 Å². The summed E-state index contributed by atoms with van der Waals surface area (Å²) in [6, 6.07) is 0. The van der Waals surface area contributed by atoms with Crippen LogP contribution in [0.3, 0.4) is 0 Å². The smallest absolute Gasteiger partial charge is 0.241 e. The summed E-state index contributed by atoms with van der Waals surface area (Å²) in [4.78, 5) is 25.8. The number of rotatable bonds is 5. The lowest BCUT2D eigenvalue weighted by Crippen LogP contribution is -2.45. The van der Waals surface area contributed by atoms with Gasteiger partial charge in [0, 0.05) is 26.1 Å². The van der Waals surface area contributed by atoms with Gasteiger partial charge in [-0.15, -0.1) is 0 Å². The molecule has 1 saturated heterocycles. The van der Waals surface area contributed by atoms with Gasteiger partial charge in [-0.1, -0.05) is 19.3 Å². The van der Waals surface area contributed by atoms with E-state index in [-0.39, 0.29) is 30.9 Å². The average molecular weight is 296 g/mol. The third kappa shape index (κ3) is 5.30. The van der Waals surface area contributed by atoms with E-state index in [0.29, 0.717) is 18.9 Å². The van der Waals surface area contributed by atoms with E-state index in [1.54, 1.807) is 4.90 Å². The van der Waals surface area contributed by atoms with Crippen LogP contribution in [0.1, 0.15) is 51.4 Å². The van der Waals surface area contributed by atoms with Crippen LogP contribution in [-0.2, 0) is 9.59 Å². The maximum Gasteiger partial charge on any atom is 0.241 e. The lowest BCUT2D eigenvalue weighted by atomic mass is 9.87. The number of carbonyl (C=O) groups is 2. The number of nitrogens with one attached hydrogen (secondary N) is 1. The molecule has 0 aromatic carbocycles. The molecule has 5 heteroatoms. The zero-order valence-corrected chi connectivity index (χ0v) is 12.9. The van der Waals surface area contributed by atoms with Gasteiger partial charge < -0.3 is 15.3 Å². The second-order valence-electron chi connectivity index (χ2n) is 6.52. The highest BCUT2D eigenvalue weighted by atomic mass is 16.3. The van der Waals surface area contributed by atoms with Gasteiger partial charge in [0.25, 0.3) is 0 Å². The summed E-state index contributed by atoms with van der Waals surface area (Å²) in [5, 5.41) is 12.0. The molecule has 1 unspecified atom stereocenters. The Kier molecular flexibility index (Phi) is 6.49. The third-order valence-corrected chi connectivity index (χ3v) is 4.77. The molecule has 2 N–H and O–H groups in total. The Bertz CT molecular complexity index is 353. The highest BCUT2D eigenvalue weighted by Crippen LogP contribution is 2.26. The molecule has 1 atom stereocenters. The van der Waals surface area contributed by atoms with Crippen molar-refractivity contribution in [3.8, 4) is 0 Å². The molecule has 0 aromatic rings. The van der Waals surface area contributed by atoms with E-state index in [4.69, 9.17) is 0 Å². The number of nitrogens with zero attached hydrogens (tertiary/aromatic N) is 1. The molecule has 1 aliphatic carbocycles. The summed E-state index contributed by atoms with van der Waals surface area (Å²) in [6.07, 6.45) is 8.52. The molecule has 0 bridgehead atoms. The number of amides is 2. The number of likely N-dealkylation sites (tertiary alicyclic amines) is 1. The second kappa shape index (κ2) is 8.37. The molecule has 0 radical (unpaired) electrons. The highest BCUT2D eigenvalue weighted by molar-refractivity contribution is 5.84. The largest absolute Gasteiger partial charge is 0.396 e. The van der Waals surface area contributed by atoms with E-state index in [0.717, 1.165) is 32.2 Å². The van der Waals surface area contributed by atoms with Crippen molar-refractivity contribution >= 4 is 11.8 Å². The molecule has 5 nitrogen and oxygen atoms in total. The standard InChI is InChI=1S/C16H28N2O3/c19-12-14-7-4-8-18(11-14)16(21)10-17-15(20)9-13-5-2-1-3-6-13/h13-14,19H,1-12H2,(H,17,20). The van der Waals surface area contributed by atoms with Crippen LogP contribution in [0.5, 0.6) is 0 Å². The molecular formula is C16H28N2O3. The molecule has 120 valence electrons. The first kappa shape index (κ1) is 16.3. The number of piperidine rings is 1. The Morgan fingerprint density at radius 2 is 1.76 bits per heavy atom. The van der Waals surface area contributed by atoms with Gasteiger partial charge in [-0.3, -0.25) is 9.59 Å². The number of hydrogen-bond acceptors (Lipinski definition) is 3. The molecule has 1 aliphatic heterocycles. The zero-order valence-electron chi connectivity index (χ0n) is 12.9. The molecule has 2 rings (SSSR count). The van der Waals surface area contributed by atoms with E-state index in [9.17, 15) is 14.7 Å². The number of hydrogen-bond donors (Lipinski definition) is 2. The fourth-order valence-electron chi connectivity index (χ4n) is 3.45. The van der Waals surface area contributed by atoms with Gasteiger partial charge in [-0.05, 0) is 37.5 Å². The summed E-state index contributed by atoms with van der Waals surface area (Å²) in [5.41, 5.74) is 0. The first-order chi connectivity index (χ1) is 10.2. The minimum absolute atomic E-state index is 0.00553. The normalized spacial score (nSPS) is 23.9. The van der Waals surface area contributed by atoms with Crippen LogP contribution in [0.2, 0.25) is 0 Å². The minimum atomic E-state index is -0.0230. The zero-order chi connectivity index (χ0) is 15.1. The van der Waals surface area contributed by atoms with Crippen molar-refractivity contribution in [2.45, 2.75) is 51.4 Å². The third-order valence-electron chi connectivity index (χ3n) is 4.77. The summed E-state index contributed by atoms with van der Waals surface area (Å²) >= 11 is 0. The van der Waals surface area contributed by atoms with Crippen LogP contribution >= 0.6 is 0 Å². The fraction of sp³-hybridized carbons (Fsp3) is 0.875. The van der Waals surface area contributed by atoms with Crippen molar-refractivity contribution in [3.63, 3.8) is 0 Å². The predicted octanol–water partition coefficient (Wildman–Crippen LogP) is 1.30. The van der Waals surface area contributed by atoms with Gasteiger partial charge in [-0.2, -0.15) is 0 Å². The van der Waals surface area contributed by atoms with Crippen molar-refractivity contribution in [2.24, 2.45) is 11.8 Å². The van der Waals surface area contributed by atoms with E-state index < -0.39 is 0 Å². The molecule has 2 fully saturated rings. The molecule has 0 spiro atoms. The van der Waals surface area contributed by atoms with Crippen molar-refractivity contribution in [1.29, 1.82) is 0 Å². The van der Waals surface area contributed by atoms with Gasteiger partial charge in [0.05, 0.1) is 6.54 Å². The van der Waals surface area contributed by atoms with E-state index in [2.05, 4.69) is 5.32 Å². The monoisotopic (exact) mass is 296 g/mol. The summed E-state index contributed by atoms with van der Waals surface area (Å²) in [7, 11) is 0. The molecule has 2 aliphatic rings. The van der Waals surface area contributed by atoms with Crippen molar-refractivity contribution in [1.82, 2.24) is 10.2 Å². The van der Waals surface area contributed by atoms with Crippen LogP contribution < -0.4 is 5.32 Å². The fourth-order valence-corrected chi connectivity index (χ4v) is 3.45. The number of aliphatic hydroxyl groups is 1. The van der Waals surface area contributed by atoms with Gasteiger partial charge in [0.1, 0.15) is 0 Å². The lowest BCUT2D eigenvalue weighted by Gasteiger charge is -2.32.